The standard InChI is InChI=1S/C15H15N/c1-9-7-14-13(11(3)10(9)2)8-12-5-4-6-16-15(12)14/h4-7H,8H2,1-3H3. The fourth-order valence-corrected chi connectivity index (χ4v) is 2.59. The van der Waals surface area contributed by atoms with Crippen LogP contribution in [-0.2, 0) is 6.42 Å². The van der Waals surface area contributed by atoms with Crippen LogP contribution in [0, 0.1) is 20.8 Å². The maximum atomic E-state index is 4.51. The molecule has 1 aromatic carbocycles. The van der Waals surface area contributed by atoms with Gasteiger partial charge >= 0.3 is 0 Å². The van der Waals surface area contributed by atoms with Crippen LogP contribution in [0.2, 0.25) is 0 Å². The zero-order valence-corrected chi connectivity index (χ0v) is 9.96. The molecule has 3 rings (SSSR count). The van der Waals surface area contributed by atoms with Gasteiger partial charge in [0.1, 0.15) is 0 Å². The van der Waals surface area contributed by atoms with Crippen molar-refractivity contribution in [3.8, 4) is 11.3 Å². The van der Waals surface area contributed by atoms with Gasteiger partial charge in [-0.05, 0) is 60.7 Å². The summed E-state index contributed by atoms with van der Waals surface area (Å²) in [6.45, 7) is 6.62. The number of fused-ring (bicyclic) bond motifs is 3. The molecule has 80 valence electrons. The van der Waals surface area contributed by atoms with Crippen LogP contribution in [-0.4, -0.2) is 4.98 Å². The Kier molecular flexibility index (Phi) is 1.90. The highest BCUT2D eigenvalue weighted by Gasteiger charge is 2.22. The maximum absolute atomic E-state index is 4.51. The largest absolute Gasteiger partial charge is 0.256 e. The zero-order valence-electron chi connectivity index (χ0n) is 9.96. The number of rotatable bonds is 0. The maximum Gasteiger partial charge on any atom is 0.0740 e. The molecular formula is C15H15N. The molecule has 0 spiro atoms. The van der Waals surface area contributed by atoms with E-state index in [1.165, 1.54) is 39.1 Å². The lowest BCUT2D eigenvalue weighted by Crippen LogP contribution is -1.93. The molecule has 0 N–H and O–H groups in total. The summed E-state index contributed by atoms with van der Waals surface area (Å²) < 4.78 is 0. The van der Waals surface area contributed by atoms with Crippen LogP contribution in [0.15, 0.2) is 24.4 Å². The van der Waals surface area contributed by atoms with Gasteiger partial charge in [0.05, 0.1) is 5.69 Å². The second-order valence-corrected chi connectivity index (χ2v) is 4.66. The van der Waals surface area contributed by atoms with Crippen LogP contribution in [0.25, 0.3) is 11.3 Å². The molecule has 16 heavy (non-hydrogen) atoms. The van der Waals surface area contributed by atoms with E-state index in [-0.39, 0.29) is 0 Å². The third-order valence-electron chi connectivity index (χ3n) is 3.81. The molecular weight excluding hydrogens is 194 g/mol. The number of hydrogen-bond donors (Lipinski definition) is 0. The average molecular weight is 209 g/mol. The Morgan fingerprint density at radius 3 is 2.75 bits per heavy atom. The molecule has 1 aromatic heterocycles. The predicted octanol–water partition coefficient (Wildman–Crippen LogP) is 3.58. The Labute approximate surface area is 96.2 Å². The normalized spacial score (nSPS) is 12.4. The molecule has 1 heterocycles. The molecule has 1 nitrogen and oxygen atoms in total. The molecule has 0 atom stereocenters. The van der Waals surface area contributed by atoms with Gasteiger partial charge in [-0.2, -0.15) is 0 Å². The number of hydrogen-bond acceptors (Lipinski definition) is 1. The van der Waals surface area contributed by atoms with Gasteiger partial charge in [-0.25, -0.2) is 0 Å². The third-order valence-corrected chi connectivity index (χ3v) is 3.81. The summed E-state index contributed by atoms with van der Waals surface area (Å²) in [6, 6.07) is 6.50. The summed E-state index contributed by atoms with van der Waals surface area (Å²) in [5, 5.41) is 0. The van der Waals surface area contributed by atoms with E-state index in [1.807, 2.05) is 12.3 Å². The second kappa shape index (κ2) is 3.18. The zero-order chi connectivity index (χ0) is 11.3. The molecule has 0 radical (unpaired) electrons. The molecule has 0 saturated heterocycles. The molecule has 0 saturated carbocycles. The van der Waals surface area contributed by atoms with Crippen LogP contribution >= 0.6 is 0 Å². The molecule has 1 heteroatoms. The van der Waals surface area contributed by atoms with E-state index in [9.17, 15) is 0 Å². The van der Waals surface area contributed by atoms with E-state index in [1.54, 1.807) is 0 Å². The average Bonchev–Trinajstić information content (AvgIpc) is 2.65. The quantitative estimate of drug-likeness (QED) is 0.551. The Bertz CT molecular complexity index is 582. The summed E-state index contributed by atoms with van der Waals surface area (Å²) >= 11 is 0. The lowest BCUT2D eigenvalue weighted by molar-refractivity contribution is 1.16. The van der Waals surface area contributed by atoms with Crippen LogP contribution < -0.4 is 0 Å². The smallest absolute Gasteiger partial charge is 0.0740 e. The minimum Gasteiger partial charge on any atom is -0.256 e. The van der Waals surface area contributed by atoms with Crippen molar-refractivity contribution in [3.05, 3.63) is 52.2 Å². The fraction of sp³-hybridized carbons (Fsp3) is 0.267. The van der Waals surface area contributed by atoms with Gasteiger partial charge in [-0.1, -0.05) is 6.07 Å². The number of nitrogens with zero attached hydrogens (tertiary/aromatic N) is 1. The Morgan fingerprint density at radius 1 is 1.12 bits per heavy atom. The van der Waals surface area contributed by atoms with E-state index in [0.717, 1.165) is 6.42 Å². The van der Waals surface area contributed by atoms with Crippen LogP contribution in [0.5, 0.6) is 0 Å². The topological polar surface area (TPSA) is 12.9 Å². The summed E-state index contributed by atoms with van der Waals surface area (Å²) in [6.07, 6.45) is 2.93. The molecule has 0 fully saturated rings. The van der Waals surface area contributed by atoms with Crippen molar-refractivity contribution in [1.29, 1.82) is 0 Å². The molecule has 0 amide bonds. The molecule has 2 aromatic rings. The number of aromatic nitrogens is 1. The lowest BCUT2D eigenvalue weighted by atomic mass is 9.95. The van der Waals surface area contributed by atoms with E-state index < -0.39 is 0 Å². The monoisotopic (exact) mass is 209 g/mol. The summed E-state index contributed by atoms with van der Waals surface area (Å²) in [5.41, 5.74) is 9.59. The van der Waals surface area contributed by atoms with Crippen molar-refractivity contribution in [2.75, 3.05) is 0 Å². The van der Waals surface area contributed by atoms with Gasteiger partial charge < -0.3 is 0 Å². The lowest BCUT2D eigenvalue weighted by Gasteiger charge is -2.10. The minimum atomic E-state index is 1.05. The van der Waals surface area contributed by atoms with E-state index in [2.05, 4.69) is 37.9 Å². The van der Waals surface area contributed by atoms with Gasteiger partial charge in [0.25, 0.3) is 0 Å². The number of aryl methyl sites for hydroxylation is 1. The minimum absolute atomic E-state index is 1.05. The van der Waals surface area contributed by atoms with Gasteiger partial charge in [-0.3, -0.25) is 4.98 Å². The van der Waals surface area contributed by atoms with Gasteiger partial charge in [-0.15, -0.1) is 0 Å². The van der Waals surface area contributed by atoms with Crippen molar-refractivity contribution >= 4 is 0 Å². The first-order valence-electron chi connectivity index (χ1n) is 5.72. The highest BCUT2D eigenvalue weighted by Crippen LogP contribution is 2.38. The number of pyridine rings is 1. The summed E-state index contributed by atoms with van der Waals surface area (Å²) in [4.78, 5) is 4.51. The van der Waals surface area contributed by atoms with Crippen LogP contribution in [0.3, 0.4) is 0 Å². The Balaban J connectivity index is 2.34. The summed E-state index contributed by atoms with van der Waals surface area (Å²) in [5.74, 6) is 0. The first kappa shape index (κ1) is 9.59. The van der Waals surface area contributed by atoms with Crippen LogP contribution in [0.1, 0.15) is 27.8 Å². The Hall–Kier alpha value is -1.63. The third kappa shape index (κ3) is 1.15. The number of benzene rings is 1. The highest BCUT2D eigenvalue weighted by atomic mass is 14.7. The van der Waals surface area contributed by atoms with Crippen molar-refractivity contribution in [3.63, 3.8) is 0 Å². The Morgan fingerprint density at radius 2 is 1.94 bits per heavy atom. The van der Waals surface area contributed by atoms with Crippen molar-refractivity contribution in [2.24, 2.45) is 0 Å². The van der Waals surface area contributed by atoms with E-state index in [4.69, 9.17) is 0 Å². The molecule has 1 aliphatic carbocycles. The SMILES string of the molecule is Cc1cc2c(c(C)c1C)Cc1cccnc1-2. The highest BCUT2D eigenvalue weighted by molar-refractivity contribution is 5.76. The molecule has 1 aliphatic rings. The molecule has 0 unspecified atom stereocenters. The van der Waals surface area contributed by atoms with Crippen molar-refractivity contribution in [2.45, 2.75) is 27.2 Å². The molecule has 0 aliphatic heterocycles. The summed E-state index contributed by atoms with van der Waals surface area (Å²) in [7, 11) is 0. The van der Waals surface area contributed by atoms with Crippen molar-refractivity contribution in [1.82, 2.24) is 4.98 Å². The van der Waals surface area contributed by atoms with Crippen LogP contribution in [0.4, 0.5) is 0 Å². The van der Waals surface area contributed by atoms with Gasteiger partial charge in [0.2, 0.25) is 0 Å². The first-order chi connectivity index (χ1) is 7.68. The second-order valence-electron chi connectivity index (χ2n) is 4.66. The fourth-order valence-electron chi connectivity index (χ4n) is 2.59. The predicted molar refractivity (Wildman–Crippen MR) is 66.7 cm³/mol. The molecule has 0 bridgehead atoms. The van der Waals surface area contributed by atoms with E-state index in [0.29, 0.717) is 0 Å². The van der Waals surface area contributed by atoms with Gasteiger partial charge in [0.15, 0.2) is 0 Å². The van der Waals surface area contributed by atoms with E-state index >= 15 is 0 Å². The van der Waals surface area contributed by atoms with Gasteiger partial charge in [0, 0.05) is 18.2 Å². The van der Waals surface area contributed by atoms with Crippen molar-refractivity contribution < 1.29 is 0 Å². The first-order valence-corrected chi connectivity index (χ1v) is 5.72.